The second kappa shape index (κ2) is 8.27. The molecular weight excluding hydrogens is 348 g/mol. The predicted octanol–water partition coefficient (Wildman–Crippen LogP) is 1.94. The zero-order valence-corrected chi connectivity index (χ0v) is 15.1. The van der Waals surface area contributed by atoms with Crippen LogP contribution in [0.2, 0.25) is 0 Å². The molecule has 1 fully saturated rings. The van der Waals surface area contributed by atoms with Gasteiger partial charge >= 0.3 is 6.03 Å². The van der Waals surface area contributed by atoms with Crippen molar-refractivity contribution in [2.75, 3.05) is 27.3 Å². The first-order chi connectivity index (χ1) is 13.1. The molecule has 1 aromatic heterocycles. The Balaban J connectivity index is 1.44. The molecule has 2 heterocycles. The molecule has 8 nitrogen and oxygen atoms in total. The Hall–Kier alpha value is -3.47. The largest absolute Gasteiger partial charge is 0.493 e. The van der Waals surface area contributed by atoms with Gasteiger partial charge in [0.2, 0.25) is 5.88 Å². The number of benzene rings is 1. The number of carbonyl (C=O) groups excluding carboxylic acids is 1. The second-order valence-electron chi connectivity index (χ2n) is 5.99. The number of nitrogens with zero attached hydrogens (tertiary/aromatic N) is 3. The van der Waals surface area contributed by atoms with Gasteiger partial charge in [0.05, 0.1) is 32.9 Å². The van der Waals surface area contributed by atoms with Gasteiger partial charge in [-0.15, -0.1) is 0 Å². The summed E-state index contributed by atoms with van der Waals surface area (Å²) in [6.07, 6.45) is 1.36. The summed E-state index contributed by atoms with van der Waals surface area (Å²) >= 11 is 0. The fourth-order valence-corrected chi connectivity index (χ4v) is 2.65. The number of nitrogens with one attached hydrogen (secondary N) is 1. The van der Waals surface area contributed by atoms with Gasteiger partial charge < -0.3 is 24.4 Å². The Labute approximate surface area is 157 Å². The van der Waals surface area contributed by atoms with E-state index in [2.05, 4.69) is 10.3 Å². The molecule has 0 radical (unpaired) electrons. The third-order valence-corrected chi connectivity index (χ3v) is 4.18. The molecule has 1 N–H and O–H groups in total. The number of likely N-dealkylation sites (tertiary alicyclic amines) is 1. The first kappa shape index (κ1) is 18.3. The fourth-order valence-electron chi connectivity index (χ4n) is 2.65. The first-order valence-electron chi connectivity index (χ1n) is 8.39. The predicted molar refractivity (Wildman–Crippen MR) is 96.7 cm³/mol. The van der Waals surface area contributed by atoms with Crippen molar-refractivity contribution >= 4 is 6.03 Å². The van der Waals surface area contributed by atoms with Gasteiger partial charge in [-0.1, -0.05) is 6.07 Å². The van der Waals surface area contributed by atoms with Crippen LogP contribution in [0.5, 0.6) is 17.4 Å². The van der Waals surface area contributed by atoms with E-state index in [1.165, 1.54) is 6.20 Å². The average Bonchev–Trinajstić information content (AvgIpc) is 2.68. The van der Waals surface area contributed by atoms with Crippen LogP contribution in [0.15, 0.2) is 36.5 Å². The molecule has 27 heavy (non-hydrogen) atoms. The summed E-state index contributed by atoms with van der Waals surface area (Å²) in [6, 6.07) is 10.7. The maximum Gasteiger partial charge on any atom is 0.317 e. The molecule has 0 unspecified atom stereocenters. The van der Waals surface area contributed by atoms with Crippen LogP contribution < -0.4 is 19.5 Å². The van der Waals surface area contributed by atoms with E-state index in [9.17, 15) is 4.79 Å². The number of nitriles is 1. The van der Waals surface area contributed by atoms with E-state index in [0.717, 1.165) is 5.56 Å². The lowest BCUT2D eigenvalue weighted by Gasteiger charge is -2.38. The van der Waals surface area contributed by atoms with Crippen LogP contribution in [0.25, 0.3) is 0 Å². The van der Waals surface area contributed by atoms with Gasteiger partial charge in [0.15, 0.2) is 11.5 Å². The van der Waals surface area contributed by atoms with Gasteiger partial charge in [-0.2, -0.15) is 5.26 Å². The molecule has 1 saturated heterocycles. The lowest BCUT2D eigenvalue weighted by Crippen LogP contribution is -2.58. The summed E-state index contributed by atoms with van der Waals surface area (Å²) in [5, 5.41) is 11.6. The van der Waals surface area contributed by atoms with Crippen molar-refractivity contribution in [2.24, 2.45) is 0 Å². The number of pyridine rings is 1. The maximum atomic E-state index is 12.2. The van der Waals surface area contributed by atoms with Gasteiger partial charge in [-0.05, 0) is 23.8 Å². The quantitative estimate of drug-likeness (QED) is 0.837. The normalized spacial score (nSPS) is 13.3. The fraction of sp³-hybridized carbons (Fsp3) is 0.316. The Morgan fingerprint density at radius 1 is 1.26 bits per heavy atom. The summed E-state index contributed by atoms with van der Waals surface area (Å²) in [5.74, 6) is 1.72. The minimum absolute atomic E-state index is 0.0998. The number of urea groups is 1. The van der Waals surface area contributed by atoms with Crippen molar-refractivity contribution in [2.45, 2.75) is 12.6 Å². The minimum atomic E-state index is -0.155. The molecule has 0 aliphatic carbocycles. The Morgan fingerprint density at radius 2 is 2.04 bits per heavy atom. The first-order valence-corrected chi connectivity index (χ1v) is 8.39. The third kappa shape index (κ3) is 4.39. The highest BCUT2D eigenvalue weighted by atomic mass is 16.5. The molecule has 0 bridgehead atoms. The maximum absolute atomic E-state index is 12.2. The highest BCUT2D eigenvalue weighted by Gasteiger charge is 2.32. The molecule has 1 aliphatic heterocycles. The lowest BCUT2D eigenvalue weighted by molar-refractivity contribution is 0.0413. The molecule has 8 heteroatoms. The summed E-state index contributed by atoms with van der Waals surface area (Å²) in [5.41, 5.74) is 1.39. The Bertz CT molecular complexity index is 842. The minimum Gasteiger partial charge on any atom is -0.493 e. The molecule has 3 rings (SSSR count). The molecule has 2 aromatic rings. The van der Waals surface area contributed by atoms with Crippen LogP contribution in [-0.2, 0) is 6.54 Å². The van der Waals surface area contributed by atoms with Crippen LogP contribution in [0.1, 0.15) is 11.1 Å². The van der Waals surface area contributed by atoms with Gasteiger partial charge in [0, 0.05) is 18.8 Å². The Morgan fingerprint density at radius 3 is 2.67 bits per heavy atom. The van der Waals surface area contributed by atoms with Crippen molar-refractivity contribution in [1.29, 1.82) is 5.26 Å². The number of hydrogen-bond donors (Lipinski definition) is 1. The van der Waals surface area contributed by atoms with Crippen LogP contribution in [0, 0.1) is 11.3 Å². The molecule has 0 spiro atoms. The van der Waals surface area contributed by atoms with Crippen molar-refractivity contribution in [3.63, 3.8) is 0 Å². The van der Waals surface area contributed by atoms with Crippen LogP contribution in [-0.4, -0.2) is 49.3 Å². The molecule has 0 atom stereocenters. The van der Waals surface area contributed by atoms with Gasteiger partial charge in [0.25, 0.3) is 0 Å². The van der Waals surface area contributed by atoms with E-state index >= 15 is 0 Å². The standard InChI is InChI=1S/C19H20N4O4/c1-25-16-5-3-13(7-17(16)26-2)9-22-19(24)23-11-15(12-23)27-18-6-4-14(8-20)10-21-18/h3-7,10,15H,9,11-12H2,1-2H3,(H,22,24). The van der Waals surface area contributed by atoms with E-state index < -0.39 is 0 Å². The summed E-state index contributed by atoms with van der Waals surface area (Å²) in [6.45, 7) is 1.36. The lowest BCUT2D eigenvalue weighted by atomic mass is 10.1. The second-order valence-corrected chi connectivity index (χ2v) is 5.99. The number of hydrogen-bond acceptors (Lipinski definition) is 6. The molecule has 140 valence electrons. The van der Waals surface area contributed by atoms with E-state index in [-0.39, 0.29) is 12.1 Å². The topological polar surface area (TPSA) is 96.7 Å². The number of rotatable bonds is 6. The summed E-state index contributed by atoms with van der Waals surface area (Å²) in [4.78, 5) is 17.9. The highest BCUT2D eigenvalue weighted by Crippen LogP contribution is 2.27. The van der Waals surface area contributed by atoms with Gasteiger partial charge in [-0.3, -0.25) is 0 Å². The molecule has 1 aromatic carbocycles. The zero-order chi connectivity index (χ0) is 19.2. The summed E-state index contributed by atoms with van der Waals surface area (Å²) < 4.78 is 16.1. The number of amides is 2. The Kier molecular flexibility index (Phi) is 5.61. The van der Waals surface area contributed by atoms with Gasteiger partial charge in [0.1, 0.15) is 12.2 Å². The van der Waals surface area contributed by atoms with E-state index in [1.54, 1.807) is 37.3 Å². The van der Waals surface area contributed by atoms with Crippen molar-refractivity contribution in [1.82, 2.24) is 15.2 Å². The monoisotopic (exact) mass is 368 g/mol. The van der Waals surface area contributed by atoms with Crippen LogP contribution in [0.3, 0.4) is 0 Å². The molecular formula is C19H20N4O4. The van der Waals surface area contributed by atoms with E-state index in [1.807, 2.05) is 18.2 Å². The average molecular weight is 368 g/mol. The number of aromatic nitrogens is 1. The zero-order valence-electron chi connectivity index (χ0n) is 15.1. The number of carbonyl (C=O) groups is 1. The number of ether oxygens (including phenoxy) is 3. The summed E-state index contributed by atoms with van der Waals surface area (Å²) in [7, 11) is 3.15. The van der Waals surface area contributed by atoms with E-state index in [4.69, 9.17) is 19.5 Å². The van der Waals surface area contributed by atoms with Crippen LogP contribution >= 0.6 is 0 Å². The SMILES string of the molecule is COc1ccc(CNC(=O)N2CC(Oc3ccc(C#N)cn3)C2)cc1OC. The van der Waals surface area contributed by atoms with Crippen molar-refractivity contribution in [3.05, 3.63) is 47.7 Å². The number of methoxy groups -OCH3 is 2. The highest BCUT2D eigenvalue weighted by molar-refractivity contribution is 5.75. The molecule has 2 amide bonds. The van der Waals surface area contributed by atoms with Crippen molar-refractivity contribution < 1.29 is 19.0 Å². The van der Waals surface area contributed by atoms with Crippen molar-refractivity contribution in [3.8, 4) is 23.4 Å². The van der Waals surface area contributed by atoms with E-state index in [0.29, 0.717) is 42.6 Å². The molecule has 0 saturated carbocycles. The molecule has 1 aliphatic rings. The van der Waals surface area contributed by atoms with Gasteiger partial charge in [-0.25, -0.2) is 9.78 Å². The smallest absolute Gasteiger partial charge is 0.317 e. The van der Waals surface area contributed by atoms with Crippen LogP contribution in [0.4, 0.5) is 4.79 Å². The third-order valence-electron chi connectivity index (χ3n) is 4.18.